The standard InChI is InChI=1S/C26H27N5O2S2/c1-16-5-7-17(8-6-16)22-21(29-24(35-22)18-9-10-18)25(33)30-11-3-2-4-19(30)14-27-23(32)20-15-28-26-31(20)12-13-34-26/h5-8,12-13,15,18-19H,2-4,9-11,14H2,1H3,(H,27,32)/t19-/m0/s1. The second kappa shape index (κ2) is 9.20. The zero-order valence-electron chi connectivity index (χ0n) is 19.6. The molecule has 4 aromatic rings. The van der Waals surface area contributed by atoms with Crippen molar-refractivity contribution < 1.29 is 9.59 Å². The number of fused-ring (bicyclic) bond motifs is 1. The number of nitrogens with one attached hydrogen (secondary N) is 1. The minimum atomic E-state index is -0.168. The molecule has 1 saturated heterocycles. The largest absolute Gasteiger partial charge is 0.349 e. The molecule has 35 heavy (non-hydrogen) atoms. The van der Waals surface area contributed by atoms with Crippen LogP contribution in [0, 0.1) is 6.92 Å². The van der Waals surface area contributed by atoms with Gasteiger partial charge >= 0.3 is 0 Å². The molecule has 0 unspecified atom stereocenters. The summed E-state index contributed by atoms with van der Waals surface area (Å²) in [7, 11) is 0. The summed E-state index contributed by atoms with van der Waals surface area (Å²) in [6.45, 7) is 3.17. The topological polar surface area (TPSA) is 79.6 Å². The van der Waals surface area contributed by atoms with Gasteiger partial charge in [0.1, 0.15) is 11.4 Å². The van der Waals surface area contributed by atoms with Crippen molar-refractivity contribution in [3.05, 3.63) is 64.0 Å². The summed E-state index contributed by atoms with van der Waals surface area (Å²) in [5.41, 5.74) is 3.32. The predicted octanol–water partition coefficient (Wildman–Crippen LogP) is 5.13. The quantitative estimate of drug-likeness (QED) is 0.394. The van der Waals surface area contributed by atoms with E-state index >= 15 is 0 Å². The molecule has 180 valence electrons. The number of rotatable bonds is 6. The van der Waals surface area contributed by atoms with Gasteiger partial charge in [-0.05, 0) is 44.6 Å². The minimum absolute atomic E-state index is 0.0211. The number of carbonyl (C=O) groups is 2. The van der Waals surface area contributed by atoms with Crippen molar-refractivity contribution in [2.24, 2.45) is 0 Å². The fourth-order valence-electron chi connectivity index (χ4n) is 4.70. The van der Waals surface area contributed by atoms with Gasteiger partial charge in [0.15, 0.2) is 4.96 Å². The van der Waals surface area contributed by atoms with Crippen LogP contribution in [0.1, 0.15) is 69.6 Å². The van der Waals surface area contributed by atoms with Crippen molar-refractivity contribution in [3.8, 4) is 10.4 Å². The Kier molecular flexibility index (Phi) is 5.89. The van der Waals surface area contributed by atoms with E-state index in [1.165, 1.54) is 16.9 Å². The van der Waals surface area contributed by atoms with Gasteiger partial charge in [-0.25, -0.2) is 9.97 Å². The molecule has 0 radical (unpaired) electrons. The summed E-state index contributed by atoms with van der Waals surface area (Å²) in [4.78, 5) is 39.6. The van der Waals surface area contributed by atoms with Gasteiger partial charge < -0.3 is 10.2 Å². The third-order valence-corrected chi connectivity index (χ3v) is 8.89. The maximum Gasteiger partial charge on any atom is 0.274 e. The lowest BCUT2D eigenvalue weighted by Gasteiger charge is -2.35. The molecule has 6 rings (SSSR count). The van der Waals surface area contributed by atoms with Gasteiger partial charge in [0, 0.05) is 36.6 Å². The third-order valence-electron chi connectivity index (χ3n) is 6.85. The molecular formula is C26H27N5O2S2. The van der Waals surface area contributed by atoms with Crippen LogP contribution in [0.15, 0.2) is 42.0 Å². The highest BCUT2D eigenvalue weighted by atomic mass is 32.1. The highest BCUT2D eigenvalue weighted by Crippen LogP contribution is 2.45. The molecule has 1 N–H and O–H groups in total. The van der Waals surface area contributed by atoms with Crippen molar-refractivity contribution in [3.63, 3.8) is 0 Å². The SMILES string of the molecule is Cc1ccc(-c2sc(C3CC3)nc2C(=O)N2CCCC[C@H]2CNC(=O)c2cnc3sccn23)cc1. The first-order chi connectivity index (χ1) is 17.1. The average molecular weight is 506 g/mol. The normalized spacial score (nSPS) is 18.2. The lowest BCUT2D eigenvalue weighted by atomic mass is 10.0. The van der Waals surface area contributed by atoms with Crippen molar-refractivity contribution in [1.29, 1.82) is 0 Å². The fraction of sp³-hybridized carbons (Fsp3) is 0.385. The number of thiazole rings is 2. The van der Waals surface area contributed by atoms with E-state index in [4.69, 9.17) is 4.98 Å². The van der Waals surface area contributed by atoms with Gasteiger partial charge in [0.2, 0.25) is 0 Å². The molecule has 0 bridgehead atoms. The van der Waals surface area contributed by atoms with Crippen molar-refractivity contribution >= 4 is 39.4 Å². The van der Waals surface area contributed by atoms with Crippen LogP contribution in [0.5, 0.6) is 0 Å². The van der Waals surface area contributed by atoms with Gasteiger partial charge in [-0.1, -0.05) is 29.8 Å². The smallest absolute Gasteiger partial charge is 0.274 e. The first-order valence-corrected chi connectivity index (χ1v) is 13.9. The lowest BCUT2D eigenvalue weighted by molar-refractivity contribution is 0.0597. The number of aryl methyl sites for hydroxylation is 1. The van der Waals surface area contributed by atoms with E-state index < -0.39 is 0 Å². The third kappa shape index (κ3) is 4.38. The summed E-state index contributed by atoms with van der Waals surface area (Å²) in [6, 6.07) is 8.28. The van der Waals surface area contributed by atoms with Gasteiger partial charge in [0.05, 0.1) is 16.1 Å². The van der Waals surface area contributed by atoms with Gasteiger partial charge in [0.25, 0.3) is 11.8 Å². The average Bonchev–Trinajstić information content (AvgIpc) is 3.27. The Labute approximate surface area is 211 Å². The number of piperidine rings is 1. The van der Waals surface area contributed by atoms with Crippen LogP contribution >= 0.6 is 22.7 Å². The van der Waals surface area contributed by atoms with Gasteiger partial charge in [-0.3, -0.25) is 14.0 Å². The van der Waals surface area contributed by atoms with E-state index in [1.54, 1.807) is 21.9 Å². The number of aromatic nitrogens is 3. The summed E-state index contributed by atoms with van der Waals surface area (Å²) in [5.74, 6) is 0.304. The Morgan fingerprint density at radius 3 is 2.77 bits per heavy atom. The molecule has 9 heteroatoms. The van der Waals surface area contributed by atoms with E-state index in [0.717, 1.165) is 52.5 Å². The van der Waals surface area contributed by atoms with Crippen LogP contribution in [0.25, 0.3) is 15.4 Å². The Balaban J connectivity index is 1.24. The van der Waals surface area contributed by atoms with Gasteiger partial charge in [-0.15, -0.1) is 22.7 Å². The highest BCUT2D eigenvalue weighted by Gasteiger charge is 2.34. The zero-order valence-corrected chi connectivity index (χ0v) is 21.2. The molecule has 1 aromatic carbocycles. The molecule has 2 fully saturated rings. The molecule has 1 aliphatic heterocycles. The Bertz CT molecular complexity index is 1380. The van der Waals surface area contributed by atoms with Gasteiger partial charge in [-0.2, -0.15) is 0 Å². The molecule has 4 heterocycles. The summed E-state index contributed by atoms with van der Waals surface area (Å²) < 4.78 is 1.80. The number of nitrogens with zero attached hydrogens (tertiary/aromatic N) is 4. The fourth-order valence-corrected chi connectivity index (χ4v) is 6.62. The van der Waals surface area contributed by atoms with E-state index in [0.29, 0.717) is 30.4 Å². The zero-order chi connectivity index (χ0) is 23.9. The van der Waals surface area contributed by atoms with Crippen LogP contribution in [-0.4, -0.2) is 50.2 Å². The van der Waals surface area contributed by atoms with E-state index in [9.17, 15) is 9.59 Å². The van der Waals surface area contributed by atoms with E-state index in [-0.39, 0.29) is 17.9 Å². The number of benzene rings is 1. The summed E-state index contributed by atoms with van der Waals surface area (Å²) in [5, 5.41) is 6.04. The molecule has 1 atom stereocenters. The minimum Gasteiger partial charge on any atom is -0.349 e. The van der Waals surface area contributed by atoms with Crippen LogP contribution in [0.2, 0.25) is 0 Å². The second-order valence-electron chi connectivity index (χ2n) is 9.43. The van der Waals surface area contributed by atoms with E-state index in [2.05, 4.69) is 41.5 Å². The molecule has 0 spiro atoms. The number of hydrogen-bond donors (Lipinski definition) is 1. The van der Waals surface area contributed by atoms with Crippen LogP contribution in [0.4, 0.5) is 0 Å². The molecule has 1 aliphatic carbocycles. The molecule has 3 aromatic heterocycles. The lowest BCUT2D eigenvalue weighted by Crippen LogP contribution is -2.49. The van der Waals surface area contributed by atoms with Crippen LogP contribution in [-0.2, 0) is 0 Å². The maximum atomic E-state index is 13.9. The number of imidazole rings is 1. The summed E-state index contributed by atoms with van der Waals surface area (Å²) >= 11 is 3.16. The van der Waals surface area contributed by atoms with E-state index in [1.807, 2.05) is 16.5 Å². The first kappa shape index (κ1) is 22.4. The first-order valence-electron chi connectivity index (χ1n) is 12.2. The molecular weight excluding hydrogens is 478 g/mol. The monoisotopic (exact) mass is 505 g/mol. The Morgan fingerprint density at radius 2 is 1.97 bits per heavy atom. The van der Waals surface area contributed by atoms with Crippen molar-refractivity contribution in [2.45, 2.75) is 51.0 Å². The molecule has 2 amide bonds. The molecule has 1 saturated carbocycles. The number of carbonyl (C=O) groups excluding carboxylic acids is 2. The number of likely N-dealkylation sites (tertiary alicyclic amines) is 1. The molecule has 7 nitrogen and oxygen atoms in total. The highest BCUT2D eigenvalue weighted by molar-refractivity contribution is 7.15. The van der Waals surface area contributed by atoms with Crippen molar-refractivity contribution in [1.82, 2.24) is 24.6 Å². The summed E-state index contributed by atoms with van der Waals surface area (Å²) in [6.07, 6.45) is 8.64. The predicted molar refractivity (Wildman–Crippen MR) is 138 cm³/mol. The van der Waals surface area contributed by atoms with Crippen molar-refractivity contribution in [2.75, 3.05) is 13.1 Å². The Morgan fingerprint density at radius 1 is 1.14 bits per heavy atom. The van der Waals surface area contributed by atoms with Crippen LogP contribution < -0.4 is 5.32 Å². The maximum absolute atomic E-state index is 13.9. The molecule has 2 aliphatic rings. The van der Waals surface area contributed by atoms with Crippen LogP contribution in [0.3, 0.4) is 0 Å². The number of hydrogen-bond acceptors (Lipinski definition) is 6. The Hall–Kier alpha value is -3.04. The second-order valence-corrected chi connectivity index (χ2v) is 11.3. The number of amides is 2.